The van der Waals surface area contributed by atoms with Crippen LogP contribution in [0, 0.1) is 6.92 Å². The number of carbonyl (C=O) groups is 1. The van der Waals surface area contributed by atoms with Crippen LogP contribution in [0.25, 0.3) is 0 Å². The summed E-state index contributed by atoms with van der Waals surface area (Å²) in [4.78, 5) is 11.3. The fraction of sp³-hybridized carbons (Fsp3) is 0.235. The summed E-state index contributed by atoms with van der Waals surface area (Å²) in [7, 11) is 0. The van der Waals surface area contributed by atoms with E-state index in [1.807, 2.05) is 25.1 Å². The molecule has 0 heterocycles. The van der Waals surface area contributed by atoms with Crippen LogP contribution in [-0.2, 0) is 0 Å². The van der Waals surface area contributed by atoms with E-state index in [1.165, 1.54) is 6.07 Å². The number of carboxylic acid groups (broad SMARTS) is 1. The van der Waals surface area contributed by atoms with E-state index in [-0.39, 0.29) is 16.3 Å². The van der Waals surface area contributed by atoms with E-state index < -0.39 is 5.97 Å². The SMILES string of the molecule is Cc1ccc(C(C)C)cc1Oc1c(Cl)cccc1C(=O)O. The van der Waals surface area contributed by atoms with Crippen molar-refractivity contribution in [3.8, 4) is 11.5 Å². The lowest BCUT2D eigenvalue weighted by Gasteiger charge is -2.15. The Morgan fingerprint density at radius 1 is 1.24 bits per heavy atom. The third-order valence-corrected chi connectivity index (χ3v) is 3.59. The Bertz CT molecular complexity index is 678. The van der Waals surface area contributed by atoms with E-state index in [4.69, 9.17) is 16.3 Å². The minimum absolute atomic E-state index is 0.0526. The summed E-state index contributed by atoms with van der Waals surface area (Å²) in [5, 5.41) is 9.52. The normalized spacial score (nSPS) is 10.7. The predicted octanol–water partition coefficient (Wildman–Crippen LogP) is 5.26. The Hall–Kier alpha value is -2.00. The Kier molecular flexibility index (Phi) is 4.53. The zero-order valence-electron chi connectivity index (χ0n) is 12.2. The van der Waals surface area contributed by atoms with Crippen LogP contribution in [0.15, 0.2) is 36.4 Å². The number of ether oxygens (including phenoxy) is 1. The summed E-state index contributed by atoms with van der Waals surface area (Å²) >= 11 is 6.09. The van der Waals surface area contributed by atoms with Crippen molar-refractivity contribution in [2.75, 3.05) is 0 Å². The lowest BCUT2D eigenvalue weighted by molar-refractivity contribution is 0.0694. The first-order chi connectivity index (χ1) is 9.90. The highest BCUT2D eigenvalue weighted by Gasteiger charge is 2.16. The summed E-state index contributed by atoms with van der Waals surface area (Å²) in [6.45, 7) is 6.09. The van der Waals surface area contributed by atoms with E-state index in [9.17, 15) is 9.90 Å². The van der Waals surface area contributed by atoms with E-state index in [1.54, 1.807) is 12.1 Å². The topological polar surface area (TPSA) is 46.5 Å². The summed E-state index contributed by atoms with van der Waals surface area (Å²) < 4.78 is 5.81. The van der Waals surface area contributed by atoms with Gasteiger partial charge in [0.05, 0.1) is 5.02 Å². The molecule has 4 heteroatoms. The molecular weight excluding hydrogens is 288 g/mol. The van der Waals surface area contributed by atoms with Crippen LogP contribution in [0.5, 0.6) is 11.5 Å². The molecule has 0 atom stereocenters. The average Bonchev–Trinajstić information content (AvgIpc) is 2.42. The van der Waals surface area contributed by atoms with Crippen LogP contribution >= 0.6 is 11.6 Å². The van der Waals surface area contributed by atoms with Crippen molar-refractivity contribution in [1.82, 2.24) is 0 Å². The maximum atomic E-state index is 11.3. The molecule has 0 aliphatic heterocycles. The highest BCUT2D eigenvalue weighted by molar-refractivity contribution is 6.32. The third kappa shape index (κ3) is 3.37. The molecule has 0 bridgehead atoms. The van der Waals surface area contributed by atoms with Crippen molar-refractivity contribution in [2.24, 2.45) is 0 Å². The van der Waals surface area contributed by atoms with Gasteiger partial charge in [0.15, 0.2) is 5.75 Å². The number of para-hydroxylation sites is 1. The van der Waals surface area contributed by atoms with Crippen molar-refractivity contribution in [1.29, 1.82) is 0 Å². The molecule has 21 heavy (non-hydrogen) atoms. The first kappa shape index (κ1) is 15.4. The first-order valence-corrected chi connectivity index (χ1v) is 7.08. The van der Waals surface area contributed by atoms with Crippen LogP contribution in [0.2, 0.25) is 5.02 Å². The molecule has 2 aromatic rings. The van der Waals surface area contributed by atoms with Gasteiger partial charge in [-0.05, 0) is 42.2 Å². The van der Waals surface area contributed by atoms with Crippen LogP contribution in [0.1, 0.15) is 41.3 Å². The number of hydrogen-bond donors (Lipinski definition) is 1. The molecule has 0 aliphatic rings. The van der Waals surface area contributed by atoms with Crippen molar-refractivity contribution < 1.29 is 14.6 Å². The fourth-order valence-electron chi connectivity index (χ4n) is 1.98. The van der Waals surface area contributed by atoms with Crippen molar-refractivity contribution in [2.45, 2.75) is 26.7 Å². The van der Waals surface area contributed by atoms with Gasteiger partial charge in [-0.3, -0.25) is 0 Å². The number of aryl methyl sites for hydroxylation is 1. The molecular formula is C17H17ClO3. The molecule has 110 valence electrons. The lowest BCUT2D eigenvalue weighted by Crippen LogP contribution is -2.01. The van der Waals surface area contributed by atoms with Gasteiger partial charge in [-0.2, -0.15) is 0 Å². The smallest absolute Gasteiger partial charge is 0.339 e. The largest absolute Gasteiger partial charge is 0.478 e. The molecule has 0 saturated heterocycles. The van der Waals surface area contributed by atoms with Crippen molar-refractivity contribution in [3.63, 3.8) is 0 Å². The number of carboxylic acids is 1. The van der Waals surface area contributed by atoms with Crippen LogP contribution in [-0.4, -0.2) is 11.1 Å². The number of halogens is 1. The monoisotopic (exact) mass is 304 g/mol. The molecule has 2 rings (SSSR count). The summed E-state index contributed by atoms with van der Waals surface area (Å²) in [5.74, 6) is 0.0933. The molecule has 3 nitrogen and oxygen atoms in total. The highest BCUT2D eigenvalue weighted by Crippen LogP contribution is 2.35. The molecule has 0 amide bonds. The van der Waals surface area contributed by atoms with Gasteiger partial charge >= 0.3 is 5.97 Å². The highest BCUT2D eigenvalue weighted by atomic mass is 35.5. The average molecular weight is 305 g/mol. The summed E-state index contributed by atoms with van der Waals surface area (Å²) in [6, 6.07) is 10.6. The maximum absolute atomic E-state index is 11.3. The van der Waals surface area contributed by atoms with Crippen molar-refractivity contribution in [3.05, 3.63) is 58.1 Å². The molecule has 0 aromatic heterocycles. The number of aromatic carboxylic acids is 1. The van der Waals surface area contributed by atoms with Gasteiger partial charge in [-0.15, -0.1) is 0 Å². The zero-order chi connectivity index (χ0) is 15.6. The van der Waals surface area contributed by atoms with E-state index in [0.29, 0.717) is 11.7 Å². The number of benzene rings is 2. The fourth-order valence-corrected chi connectivity index (χ4v) is 2.19. The Labute approximate surface area is 129 Å². The molecule has 0 spiro atoms. The Balaban J connectivity index is 2.48. The molecule has 2 aromatic carbocycles. The second-order valence-corrected chi connectivity index (χ2v) is 5.61. The second kappa shape index (κ2) is 6.19. The first-order valence-electron chi connectivity index (χ1n) is 6.70. The summed E-state index contributed by atoms with van der Waals surface area (Å²) in [5.41, 5.74) is 2.10. The van der Waals surface area contributed by atoms with Gasteiger partial charge in [-0.25, -0.2) is 4.79 Å². The molecule has 0 saturated carbocycles. The molecule has 0 fully saturated rings. The molecule has 0 aliphatic carbocycles. The second-order valence-electron chi connectivity index (χ2n) is 5.20. The minimum atomic E-state index is -1.06. The molecule has 0 radical (unpaired) electrons. The van der Waals surface area contributed by atoms with Crippen molar-refractivity contribution >= 4 is 17.6 Å². The van der Waals surface area contributed by atoms with Gasteiger partial charge in [-0.1, -0.05) is 43.6 Å². The van der Waals surface area contributed by atoms with E-state index >= 15 is 0 Å². The Morgan fingerprint density at radius 3 is 2.57 bits per heavy atom. The number of hydrogen-bond acceptors (Lipinski definition) is 2. The maximum Gasteiger partial charge on any atom is 0.339 e. The minimum Gasteiger partial charge on any atom is -0.478 e. The van der Waals surface area contributed by atoms with Crippen LogP contribution in [0.4, 0.5) is 0 Å². The standard InChI is InChI=1S/C17H17ClO3/c1-10(2)12-8-7-11(3)15(9-12)21-16-13(17(19)20)5-4-6-14(16)18/h4-10H,1-3H3,(H,19,20). The molecule has 0 unspecified atom stereocenters. The van der Waals surface area contributed by atoms with Crippen LogP contribution < -0.4 is 4.74 Å². The molecule has 1 N–H and O–H groups in total. The van der Waals surface area contributed by atoms with Gasteiger partial charge in [0.25, 0.3) is 0 Å². The predicted molar refractivity (Wildman–Crippen MR) is 83.8 cm³/mol. The van der Waals surface area contributed by atoms with Crippen LogP contribution in [0.3, 0.4) is 0 Å². The van der Waals surface area contributed by atoms with Gasteiger partial charge in [0.1, 0.15) is 11.3 Å². The lowest BCUT2D eigenvalue weighted by atomic mass is 10.0. The number of rotatable bonds is 4. The van der Waals surface area contributed by atoms with Gasteiger partial charge in [0, 0.05) is 0 Å². The van der Waals surface area contributed by atoms with Gasteiger partial charge in [0.2, 0.25) is 0 Å². The van der Waals surface area contributed by atoms with Gasteiger partial charge < -0.3 is 9.84 Å². The summed E-state index contributed by atoms with van der Waals surface area (Å²) in [6.07, 6.45) is 0. The van der Waals surface area contributed by atoms with E-state index in [0.717, 1.165) is 11.1 Å². The quantitative estimate of drug-likeness (QED) is 0.837. The zero-order valence-corrected chi connectivity index (χ0v) is 12.9. The van der Waals surface area contributed by atoms with E-state index in [2.05, 4.69) is 13.8 Å². The Morgan fingerprint density at radius 2 is 1.95 bits per heavy atom. The third-order valence-electron chi connectivity index (χ3n) is 3.29.